The van der Waals surface area contributed by atoms with E-state index in [0.29, 0.717) is 0 Å². The Balaban J connectivity index is 4.05. The molecule has 0 amide bonds. The normalized spacial score (nSPS) is 17.3. The van der Waals surface area contributed by atoms with Gasteiger partial charge < -0.3 is 5.73 Å². The van der Waals surface area contributed by atoms with Crippen LogP contribution in [0.1, 0.15) is 13.3 Å². The zero-order valence-electron chi connectivity index (χ0n) is 5.96. The molecule has 0 bridgehead atoms. The average Bonchev–Trinajstić information content (AvgIpc) is 1.60. The fourth-order valence-corrected chi connectivity index (χ4v) is 0.676. The monoisotopic (exact) mass is 128 g/mol. The lowest BCUT2D eigenvalue weighted by molar-refractivity contribution is 0.550. The molecule has 10 heavy (non-hydrogen) atoms. The summed E-state index contributed by atoms with van der Waals surface area (Å²) in [6.45, 7) is 1.52. The Morgan fingerprint density at radius 3 is 2.00 bits per heavy atom. The summed E-state index contributed by atoms with van der Waals surface area (Å²) in [6.07, 6.45) is 0.0660. The van der Waals surface area contributed by atoms with Crippen LogP contribution in [0.3, 0.4) is 0 Å². The molecule has 0 spiro atoms. The van der Waals surface area contributed by atoms with Crippen LogP contribution >= 0.6 is 0 Å². The van der Waals surface area contributed by atoms with E-state index in [9.17, 15) is 0 Å². The second-order valence-corrected chi connectivity index (χ2v) is 2.82. The molecular weight excluding hydrogens is 121 g/mol. The largest absolute Gasteiger partial charge is 0.314 e. The van der Waals surface area contributed by atoms with Gasteiger partial charge in [0.25, 0.3) is 0 Å². The Morgan fingerprint density at radius 2 is 1.90 bits per heavy atom. The van der Waals surface area contributed by atoms with Gasteiger partial charge in [0.1, 0.15) is 0 Å². The van der Waals surface area contributed by atoms with Crippen LogP contribution in [0.25, 0.3) is 0 Å². The minimum atomic E-state index is -1.36. The van der Waals surface area contributed by atoms with Gasteiger partial charge in [-0.3, -0.25) is 0 Å². The maximum Gasteiger partial charge on any atom is 0.0994 e. The van der Waals surface area contributed by atoms with Gasteiger partial charge in [-0.25, -0.2) is 0 Å². The molecule has 5 heteroatoms. The molecule has 0 aliphatic heterocycles. The quantitative estimate of drug-likeness (QED) is 0.494. The highest BCUT2D eigenvalue weighted by Gasteiger charge is 2.24. The molecule has 0 saturated carbocycles. The molecule has 0 heterocycles. The number of hydrogen-bond donors (Lipinski definition) is 1. The first-order chi connectivity index (χ1) is 4.27. The Morgan fingerprint density at radius 1 is 1.50 bits per heavy atom. The first kappa shape index (κ1) is 9.64. The lowest BCUT2D eigenvalue weighted by atomic mass is 9.40. The van der Waals surface area contributed by atoms with Gasteiger partial charge in [0.05, 0.1) is 35.1 Å². The van der Waals surface area contributed by atoms with Crippen LogP contribution < -0.4 is 5.73 Å². The van der Waals surface area contributed by atoms with Crippen molar-refractivity contribution in [3.05, 3.63) is 0 Å². The molecular formula is C5H7B3N2. The summed E-state index contributed by atoms with van der Waals surface area (Å²) in [4.78, 5) is 0. The van der Waals surface area contributed by atoms with Crippen LogP contribution in [0.4, 0.5) is 0 Å². The second-order valence-electron chi connectivity index (χ2n) is 2.82. The average molecular weight is 128 g/mol. The predicted molar refractivity (Wildman–Crippen MR) is 42.8 cm³/mol. The van der Waals surface area contributed by atoms with Crippen molar-refractivity contribution in [2.24, 2.45) is 5.73 Å². The minimum absolute atomic E-state index is 0.0660. The molecule has 0 saturated heterocycles. The zero-order chi connectivity index (χ0) is 8.41. The molecule has 0 fully saturated rings. The van der Waals surface area contributed by atoms with Crippen molar-refractivity contribution in [2.45, 2.75) is 24.0 Å². The summed E-state index contributed by atoms with van der Waals surface area (Å²) in [5.74, 6) is 0. The van der Waals surface area contributed by atoms with Crippen molar-refractivity contribution in [1.29, 1.82) is 5.26 Å². The highest BCUT2D eigenvalue weighted by molar-refractivity contribution is 6.58. The van der Waals surface area contributed by atoms with Crippen molar-refractivity contribution in [1.82, 2.24) is 0 Å². The van der Waals surface area contributed by atoms with Crippen LogP contribution in [0.15, 0.2) is 0 Å². The summed E-state index contributed by atoms with van der Waals surface area (Å²) in [5.41, 5.74) is 4.36. The van der Waals surface area contributed by atoms with E-state index in [1.165, 1.54) is 6.92 Å². The summed E-state index contributed by atoms with van der Waals surface area (Å²) >= 11 is 0. The van der Waals surface area contributed by atoms with E-state index in [0.717, 1.165) is 0 Å². The van der Waals surface area contributed by atoms with Gasteiger partial charge in [0.2, 0.25) is 0 Å². The number of rotatable bonds is 2. The SMILES string of the molecule is [B]C([B])([B])CC(C)(N)C#N. The minimum Gasteiger partial charge on any atom is -0.314 e. The van der Waals surface area contributed by atoms with E-state index in [1.54, 1.807) is 0 Å². The van der Waals surface area contributed by atoms with Gasteiger partial charge in [-0.1, -0.05) is 0 Å². The van der Waals surface area contributed by atoms with Crippen molar-refractivity contribution in [3.63, 3.8) is 0 Å². The third-order valence-electron chi connectivity index (χ3n) is 0.929. The van der Waals surface area contributed by atoms with Gasteiger partial charge in [0.15, 0.2) is 0 Å². The van der Waals surface area contributed by atoms with Crippen molar-refractivity contribution >= 4 is 23.5 Å². The number of nitrogens with zero attached hydrogens (tertiary/aromatic N) is 1. The van der Waals surface area contributed by atoms with Gasteiger partial charge in [-0.15, -0.1) is 5.11 Å². The number of nitrogens with two attached hydrogens (primary N) is 1. The highest BCUT2D eigenvalue weighted by Crippen LogP contribution is 2.22. The molecule has 1 unspecified atom stereocenters. The molecule has 0 aromatic heterocycles. The highest BCUT2D eigenvalue weighted by atomic mass is 14.7. The topological polar surface area (TPSA) is 49.8 Å². The molecule has 0 aliphatic rings. The maximum absolute atomic E-state index is 8.42. The van der Waals surface area contributed by atoms with E-state index < -0.39 is 10.7 Å². The maximum atomic E-state index is 8.42. The molecule has 1 atom stereocenters. The molecule has 46 valence electrons. The Hall–Kier alpha value is -0.355. The standard InChI is InChI=1S/C5H7B3N2/c1-4(10,3-9)2-5(6,7)8/h2,10H2,1H3. The lowest BCUT2D eigenvalue weighted by Gasteiger charge is -2.27. The Bertz CT molecular complexity index is 153. The van der Waals surface area contributed by atoms with E-state index in [1.807, 2.05) is 6.07 Å². The summed E-state index contributed by atoms with van der Waals surface area (Å²) < 4.78 is 0. The van der Waals surface area contributed by atoms with Crippen molar-refractivity contribution < 1.29 is 0 Å². The molecule has 2 nitrogen and oxygen atoms in total. The fourth-order valence-electron chi connectivity index (χ4n) is 0.676. The van der Waals surface area contributed by atoms with Crippen LogP contribution in [0.2, 0.25) is 5.11 Å². The van der Waals surface area contributed by atoms with Crippen molar-refractivity contribution in [3.8, 4) is 6.07 Å². The van der Waals surface area contributed by atoms with Gasteiger partial charge >= 0.3 is 0 Å². The molecule has 6 radical (unpaired) electrons. The first-order valence-electron chi connectivity index (χ1n) is 2.84. The lowest BCUT2D eigenvalue weighted by Crippen LogP contribution is -2.39. The third kappa shape index (κ3) is 4.52. The third-order valence-corrected chi connectivity index (χ3v) is 0.929. The number of hydrogen-bond acceptors (Lipinski definition) is 2. The van der Waals surface area contributed by atoms with E-state index in [-0.39, 0.29) is 6.42 Å². The molecule has 0 aliphatic carbocycles. The van der Waals surface area contributed by atoms with Crippen molar-refractivity contribution in [2.75, 3.05) is 0 Å². The fraction of sp³-hybridized carbons (Fsp3) is 0.800. The van der Waals surface area contributed by atoms with Crippen LogP contribution in [0.5, 0.6) is 0 Å². The first-order valence-corrected chi connectivity index (χ1v) is 2.84. The molecule has 0 aromatic carbocycles. The summed E-state index contributed by atoms with van der Waals surface area (Å²) in [6, 6.07) is 1.84. The predicted octanol–water partition coefficient (Wildman–Crippen LogP) is -0.803. The van der Waals surface area contributed by atoms with Crippen LogP contribution in [-0.2, 0) is 0 Å². The summed E-state index contributed by atoms with van der Waals surface area (Å²) in [7, 11) is 15.7. The van der Waals surface area contributed by atoms with Gasteiger partial charge in [-0.05, 0) is 13.3 Å². The van der Waals surface area contributed by atoms with E-state index >= 15 is 0 Å². The summed E-state index contributed by atoms with van der Waals surface area (Å²) in [5, 5.41) is 7.05. The van der Waals surface area contributed by atoms with Gasteiger partial charge in [-0.2, -0.15) is 5.26 Å². The smallest absolute Gasteiger partial charge is 0.0994 e. The van der Waals surface area contributed by atoms with E-state index in [2.05, 4.69) is 0 Å². The zero-order valence-corrected chi connectivity index (χ0v) is 5.96. The molecule has 0 aromatic rings. The van der Waals surface area contributed by atoms with Gasteiger partial charge in [0, 0.05) is 0 Å². The Labute approximate surface area is 65.4 Å². The second kappa shape index (κ2) is 2.71. The van der Waals surface area contributed by atoms with Crippen LogP contribution in [0, 0.1) is 11.3 Å². The van der Waals surface area contributed by atoms with Crippen LogP contribution in [-0.4, -0.2) is 29.1 Å². The molecule has 2 N–H and O–H groups in total. The number of nitriles is 1. The Kier molecular flexibility index (Phi) is 2.62. The van der Waals surface area contributed by atoms with E-state index in [4.69, 9.17) is 34.5 Å². The molecule has 0 rings (SSSR count).